The van der Waals surface area contributed by atoms with E-state index in [1.54, 1.807) is 12.5 Å². The van der Waals surface area contributed by atoms with E-state index >= 15 is 0 Å². The molecule has 2 rings (SSSR count). The summed E-state index contributed by atoms with van der Waals surface area (Å²) < 4.78 is 29.4. The maximum absolute atomic E-state index is 12.4. The Morgan fingerprint density at radius 2 is 2.05 bits per heavy atom. The molecule has 1 aromatic heterocycles. The Balaban J connectivity index is 0.00000242. The molecule has 0 saturated heterocycles. The van der Waals surface area contributed by atoms with Crippen LogP contribution >= 0.6 is 12.4 Å². The van der Waals surface area contributed by atoms with Gasteiger partial charge in [0.15, 0.2) is 5.03 Å². The summed E-state index contributed by atoms with van der Waals surface area (Å²) in [5.41, 5.74) is 5.76. The van der Waals surface area contributed by atoms with Crippen molar-refractivity contribution in [1.29, 1.82) is 0 Å². The summed E-state index contributed by atoms with van der Waals surface area (Å²) in [4.78, 5) is 4.03. The lowest BCUT2D eigenvalue weighted by molar-refractivity contribution is 0.405. The first kappa shape index (κ1) is 19.4. The molecule has 3 N–H and O–H groups in total. The third-order valence-corrected chi connectivity index (χ3v) is 5.36. The average Bonchev–Trinajstić information content (AvgIpc) is 3.06. The van der Waals surface area contributed by atoms with Crippen LogP contribution in [0.3, 0.4) is 0 Å². The molecule has 1 saturated carbocycles. The first-order chi connectivity index (χ1) is 9.92. The van der Waals surface area contributed by atoms with Crippen molar-refractivity contribution in [3.63, 3.8) is 0 Å². The van der Waals surface area contributed by atoms with Crippen molar-refractivity contribution in [2.75, 3.05) is 6.54 Å². The molecule has 22 heavy (non-hydrogen) atoms. The molecule has 0 bridgehead atoms. The normalized spacial score (nSPS) is 17.6. The number of nitrogens with one attached hydrogen (secondary N) is 1. The summed E-state index contributed by atoms with van der Waals surface area (Å²) in [5, 5.41) is 0.0830. The third kappa shape index (κ3) is 4.94. The zero-order chi connectivity index (χ0) is 15.5. The monoisotopic (exact) mass is 350 g/mol. The van der Waals surface area contributed by atoms with E-state index in [2.05, 4.69) is 23.6 Å². The van der Waals surface area contributed by atoms with Gasteiger partial charge < -0.3 is 10.3 Å². The number of hydrogen-bond acceptors (Lipinski definition) is 4. The van der Waals surface area contributed by atoms with Gasteiger partial charge in [-0.05, 0) is 24.7 Å². The van der Waals surface area contributed by atoms with Crippen molar-refractivity contribution >= 4 is 22.4 Å². The quantitative estimate of drug-likeness (QED) is 0.784. The van der Waals surface area contributed by atoms with Gasteiger partial charge in [0.2, 0.25) is 0 Å². The van der Waals surface area contributed by atoms with Crippen molar-refractivity contribution in [3.8, 4) is 0 Å². The van der Waals surface area contributed by atoms with Gasteiger partial charge in [-0.3, -0.25) is 0 Å². The molecular formula is C14H27ClN4O2S. The molecule has 1 atom stereocenters. The van der Waals surface area contributed by atoms with E-state index in [4.69, 9.17) is 5.73 Å². The maximum atomic E-state index is 12.4. The average molecular weight is 351 g/mol. The summed E-state index contributed by atoms with van der Waals surface area (Å²) in [7, 11) is -3.59. The van der Waals surface area contributed by atoms with Crippen molar-refractivity contribution in [2.45, 2.75) is 57.1 Å². The molecule has 0 radical (unpaired) electrons. The lowest BCUT2D eigenvalue weighted by atomic mass is 9.99. The molecule has 0 spiro atoms. The smallest absolute Gasteiger partial charge is 0.259 e. The van der Waals surface area contributed by atoms with E-state index in [0.29, 0.717) is 18.4 Å². The second kappa shape index (κ2) is 8.29. The van der Waals surface area contributed by atoms with Crippen LogP contribution in [0.15, 0.2) is 17.6 Å². The van der Waals surface area contributed by atoms with Gasteiger partial charge in [0, 0.05) is 25.3 Å². The van der Waals surface area contributed by atoms with Crippen LogP contribution in [-0.4, -0.2) is 30.6 Å². The summed E-state index contributed by atoms with van der Waals surface area (Å²) in [5.74, 6) is 0.792. The minimum Gasteiger partial charge on any atom is -0.336 e. The highest BCUT2D eigenvalue weighted by atomic mass is 35.5. The van der Waals surface area contributed by atoms with Gasteiger partial charge >= 0.3 is 0 Å². The topological polar surface area (TPSA) is 90.0 Å². The van der Waals surface area contributed by atoms with E-state index in [0.717, 1.165) is 32.2 Å². The number of halogens is 1. The predicted molar refractivity (Wildman–Crippen MR) is 89.4 cm³/mol. The fourth-order valence-corrected chi connectivity index (χ4v) is 4.22. The summed E-state index contributed by atoms with van der Waals surface area (Å²) in [6, 6.07) is -0.187. The van der Waals surface area contributed by atoms with Gasteiger partial charge in [0.05, 0.1) is 6.33 Å². The summed E-state index contributed by atoms with van der Waals surface area (Å²) in [6.45, 7) is 5.25. The molecule has 6 nitrogen and oxygen atoms in total. The van der Waals surface area contributed by atoms with Gasteiger partial charge in [-0.15, -0.1) is 12.4 Å². The van der Waals surface area contributed by atoms with E-state index in [1.165, 1.54) is 0 Å². The summed E-state index contributed by atoms with van der Waals surface area (Å²) in [6.07, 6.45) is 7.57. The molecule has 1 fully saturated rings. The Bertz CT molecular complexity index is 553. The Kier molecular flexibility index (Phi) is 7.31. The van der Waals surface area contributed by atoms with Crippen molar-refractivity contribution in [1.82, 2.24) is 14.3 Å². The first-order valence-electron chi connectivity index (χ1n) is 7.66. The number of aromatic nitrogens is 2. The van der Waals surface area contributed by atoms with Crippen LogP contribution in [0.4, 0.5) is 0 Å². The van der Waals surface area contributed by atoms with E-state index in [1.807, 2.05) is 4.57 Å². The zero-order valence-electron chi connectivity index (χ0n) is 13.2. The Labute approximate surface area is 139 Å². The lowest BCUT2D eigenvalue weighted by Gasteiger charge is -2.22. The largest absolute Gasteiger partial charge is 0.336 e. The van der Waals surface area contributed by atoms with E-state index < -0.39 is 10.0 Å². The van der Waals surface area contributed by atoms with Crippen molar-refractivity contribution in [2.24, 2.45) is 17.6 Å². The molecular weight excluding hydrogens is 324 g/mol. The third-order valence-electron chi connectivity index (χ3n) is 3.99. The van der Waals surface area contributed by atoms with Crippen LogP contribution < -0.4 is 10.5 Å². The van der Waals surface area contributed by atoms with Crippen LogP contribution in [0.1, 0.15) is 39.5 Å². The molecule has 1 aromatic rings. The van der Waals surface area contributed by atoms with Crippen LogP contribution in [-0.2, 0) is 16.6 Å². The number of sulfonamides is 1. The number of nitrogens with two attached hydrogens (primary N) is 1. The van der Waals surface area contributed by atoms with Crippen LogP contribution in [0, 0.1) is 11.8 Å². The Morgan fingerprint density at radius 1 is 1.41 bits per heavy atom. The van der Waals surface area contributed by atoms with Crippen molar-refractivity contribution in [3.05, 3.63) is 12.5 Å². The number of hydrogen-bond donors (Lipinski definition) is 2. The molecule has 128 valence electrons. The molecule has 8 heteroatoms. The van der Waals surface area contributed by atoms with E-state index in [-0.39, 0.29) is 23.5 Å². The molecule has 1 unspecified atom stereocenters. The Hall–Kier alpha value is -0.630. The molecule has 1 aliphatic rings. The first-order valence-corrected chi connectivity index (χ1v) is 9.15. The standard InChI is InChI=1S/C14H26N4O2S.ClH/c1-11(2)8-18-9-14(16-10-18)21(19,20)17-13(7-15)12-5-3-4-6-12;/h9-13,17H,3-8,15H2,1-2H3;1H. The predicted octanol–water partition coefficient (Wildman–Crippen LogP) is 1.76. The second-order valence-electron chi connectivity index (χ2n) is 6.31. The van der Waals surface area contributed by atoms with E-state index in [9.17, 15) is 8.42 Å². The molecule has 0 amide bonds. The maximum Gasteiger partial charge on any atom is 0.259 e. The minimum atomic E-state index is -3.59. The highest BCUT2D eigenvalue weighted by molar-refractivity contribution is 7.89. The van der Waals surface area contributed by atoms with Gasteiger partial charge in [-0.1, -0.05) is 26.7 Å². The Morgan fingerprint density at radius 3 is 2.59 bits per heavy atom. The highest BCUT2D eigenvalue weighted by Gasteiger charge is 2.29. The van der Waals surface area contributed by atoms with Crippen LogP contribution in [0.25, 0.3) is 0 Å². The van der Waals surface area contributed by atoms with Crippen molar-refractivity contribution < 1.29 is 8.42 Å². The molecule has 1 heterocycles. The van der Waals surface area contributed by atoms with Crippen LogP contribution in [0.5, 0.6) is 0 Å². The molecule has 1 aliphatic carbocycles. The molecule has 0 aromatic carbocycles. The summed E-state index contributed by atoms with van der Waals surface area (Å²) >= 11 is 0. The zero-order valence-corrected chi connectivity index (χ0v) is 14.9. The minimum absolute atomic E-state index is 0. The number of imidazole rings is 1. The van der Waals surface area contributed by atoms with Crippen LogP contribution in [0.2, 0.25) is 0 Å². The van der Waals surface area contributed by atoms with Gasteiger partial charge in [-0.25, -0.2) is 18.1 Å². The van der Waals surface area contributed by atoms with Gasteiger partial charge in [0.25, 0.3) is 10.0 Å². The second-order valence-corrected chi connectivity index (χ2v) is 7.97. The number of rotatable bonds is 7. The number of nitrogens with zero attached hydrogens (tertiary/aromatic N) is 2. The van der Waals surface area contributed by atoms with Gasteiger partial charge in [-0.2, -0.15) is 0 Å². The fourth-order valence-electron chi connectivity index (χ4n) is 2.96. The highest BCUT2D eigenvalue weighted by Crippen LogP contribution is 2.28. The van der Waals surface area contributed by atoms with Gasteiger partial charge in [0.1, 0.15) is 0 Å². The SMILES string of the molecule is CC(C)Cn1cnc(S(=O)(=O)NC(CN)C2CCCC2)c1.Cl. The molecule has 0 aliphatic heterocycles. The fraction of sp³-hybridized carbons (Fsp3) is 0.786. The lowest BCUT2D eigenvalue weighted by Crippen LogP contribution is -2.44.